The van der Waals surface area contributed by atoms with E-state index in [1.807, 2.05) is 17.9 Å². The molecule has 4 rings (SSSR count). The number of aromatic nitrogens is 5. The zero-order valence-electron chi connectivity index (χ0n) is 14.5. The Kier molecular flexibility index (Phi) is 4.11. The van der Waals surface area contributed by atoms with E-state index in [0.29, 0.717) is 31.0 Å². The Balaban J connectivity index is 1.50. The molecular weight excluding hydrogens is 332 g/mol. The maximum absolute atomic E-state index is 12.8. The van der Waals surface area contributed by atoms with Crippen LogP contribution in [0.25, 0.3) is 5.65 Å². The molecule has 0 spiro atoms. The van der Waals surface area contributed by atoms with Crippen molar-refractivity contribution in [2.75, 3.05) is 36.8 Å². The number of rotatable bonds is 2. The molecule has 1 amide bonds. The van der Waals surface area contributed by atoms with E-state index in [9.17, 15) is 4.79 Å². The molecule has 2 N–H and O–H groups in total. The average Bonchev–Trinajstić information content (AvgIpc) is 2.89. The van der Waals surface area contributed by atoms with E-state index in [0.717, 1.165) is 24.5 Å². The van der Waals surface area contributed by atoms with Gasteiger partial charge in [0.2, 0.25) is 5.95 Å². The van der Waals surface area contributed by atoms with E-state index in [4.69, 9.17) is 5.73 Å². The van der Waals surface area contributed by atoms with Gasteiger partial charge in [0.1, 0.15) is 5.82 Å². The van der Waals surface area contributed by atoms with Gasteiger partial charge in [0.05, 0.1) is 0 Å². The Morgan fingerprint density at radius 2 is 2.04 bits per heavy atom. The molecule has 9 heteroatoms. The predicted octanol–water partition coefficient (Wildman–Crippen LogP) is 0.762. The number of anilines is 2. The van der Waals surface area contributed by atoms with Crippen molar-refractivity contribution in [1.82, 2.24) is 29.5 Å². The number of carbonyl (C=O) groups excluding carboxylic acids is 1. The number of amides is 1. The monoisotopic (exact) mass is 352 g/mol. The molecule has 1 fully saturated rings. The second-order valence-corrected chi connectivity index (χ2v) is 6.31. The van der Waals surface area contributed by atoms with Gasteiger partial charge < -0.3 is 15.5 Å². The number of nitrogen functional groups attached to an aromatic ring is 1. The van der Waals surface area contributed by atoms with Crippen molar-refractivity contribution in [2.45, 2.75) is 13.3 Å². The maximum Gasteiger partial charge on any atom is 0.274 e. The number of aryl methyl sites for hydroxylation is 1. The molecule has 9 nitrogen and oxygen atoms in total. The minimum absolute atomic E-state index is 0.0734. The zero-order valence-corrected chi connectivity index (χ0v) is 14.5. The molecule has 0 saturated carbocycles. The Labute approximate surface area is 150 Å². The van der Waals surface area contributed by atoms with E-state index in [1.165, 1.54) is 0 Å². The fraction of sp³-hybridized carbons (Fsp3) is 0.353. The first-order valence-electron chi connectivity index (χ1n) is 8.56. The smallest absolute Gasteiger partial charge is 0.274 e. The quantitative estimate of drug-likeness (QED) is 0.726. The van der Waals surface area contributed by atoms with Crippen LogP contribution < -0.4 is 10.6 Å². The summed E-state index contributed by atoms with van der Waals surface area (Å²) in [6, 6.07) is 5.43. The summed E-state index contributed by atoms with van der Waals surface area (Å²) in [5.41, 5.74) is 7.68. The Morgan fingerprint density at radius 3 is 2.85 bits per heavy atom. The van der Waals surface area contributed by atoms with Crippen LogP contribution in [0.3, 0.4) is 0 Å². The van der Waals surface area contributed by atoms with Crippen LogP contribution in [0.2, 0.25) is 0 Å². The number of nitrogens with two attached hydrogens (primary N) is 1. The fourth-order valence-corrected chi connectivity index (χ4v) is 3.18. The second-order valence-electron chi connectivity index (χ2n) is 6.31. The van der Waals surface area contributed by atoms with Gasteiger partial charge in [0.25, 0.3) is 5.91 Å². The summed E-state index contributed by atoms with van der Waals surface area (Å²) >= 11 is 0. The third-order valence-electron chi connectivity index (χ3n) is 4.42. The summed E-state index contributed by atoms with van der Waals surface area (Å²) < 4.78 is 1.61. The van der Waals surface area contributed by atoms with Gasteiger partial charge in [-0.1, -0.05) is 0 Å². The molecule has 3 aromatic heterocycles. The van der Waals surface area contributed by atoms with Crippen LogP contribution in [0.5, 0.6) is 0 Å². The molecule has 3 aromatic rings. The molecule has 1 saturated heterocycles. The molecule has 134 valence electrons. The normalized spacial score (nSPS) is 15.3. The first kappa shape index (κ1) is 16.2. The molecule has 0 bridgehead atoms. The standard InChI is InChI=1S/C17H20N8O/c1-12-10-15(21-17(18)20-12)23-5-3-6-24(9-8-23)16(26)13-11-14-19-4-2-7-25(14)22-13/h2,4,7,10-11H,3,5-6,8-9H2,1H3,(H2,18,20,21). The molecular formula is C17H20N8O. The third kappa shape index (κ3) is 3.15. The summed E-state index contributed by atoms with van der Waals surface area (Å²) in [5, 5.41) is 4.33. The number of hydrogen-bond donors (Lipinski definition) is 1. The Bertz CT molecular complexity index is 900. The van der Waals surface area contributed by atoms with Crippen molar-refractivity contribution in [3.63, 3.8) is 0 Å². The molecule has 1 aliphatic rings. The van der Waals surface area contributed by atoms with Crippen LogP contribution in [-0.4, -0.2) is 61.6 Å². The summed E-state index contributed by atoms with van der Waals surface area (Å²) in [4.78, 5) is 29.5. The first-order valence-corrected chi connectivity index (χ1v) is 8.56. The van der Waals surface area contributed by atoms with Gasteiger partial charge in [-0.15, -0.1) is 0 Å². The van der Waals surface area contributed by atoms with E-state index in [2.05, 4.69) is 25.0 Å². The van der Waals surface area contributed by atoms with Gasteiger partial charge in [-0.2, -0.15) is 10.1 Å². The summed E-state index contributed by atoms with van der Waals surface area (Å²) in [7, 11) is 0. The van der Waals surface area contributed by atoms with Crippen molar-refractivity contribution < 1.29 is 4.79 Å². The van der Waals surface area contributed by atoms with Crippen molar-refractivity contribution in [2.24, 2.45) is 0 Å². The summed E-state index contributed by atoms with van der Waals surface area (Å²) in [6.07, 6.45) is 4.32. The van der Waals surface area contributed by atoms with E-state index < -0.39 is 0 Å². The minimum atomic E-state index is -0.0734. The van der Waals surface area contributed by atoms with Crippen molar-refractivity contribution in [1.29, 1.82) is 0 Å². The Morgan fingerprint density at radius 1 is 1.15 bits per heavy atom. The lowest BCUT2D eigenvalue weighted by Gasteiger charge is -2.22. The van der Waals surface area contributed by atoms with Crippen LogP contribution in [0.4, 0.5) is 11.8 Å². The highest BCUT2D eigenvalue weighted by Crippen LogP contribution is 2.17. The molecule has 0 radical (unpaired) electrons. The lowest BCUT2D eigenvalue weighted by molar-refractivity contribution is 0.0760. The van der Waals surface area contributed by atoms with Gasteiger partial charge in [-0.3, -0.25) is 4.79 Å². The van der Waals surface area contributed by atoms with Crippen molar-refractivity contribution in [3.8, 4) is 0 Å². The highest BCUT2D eigenvalue weighted by molar-refractivity contribution is 5.93. The number of carbonyl (C=O) groups is 1. The van der Waals surface area contributed by atoms with Crippen LogP contribution in [-0.2, 0) is 0 Å². The molecule has 0 aromatic carbocycles. The largest absolute Gasteiger partial charge is 0.368 e. The van der Waals surface area contributed by atoms with Crippen LogP contribution in [0, 0.1) is 6.92 Å². The van der Waals surface area contributed by atoms with Gasteiger partial charge in [0.15, 0.2) is 11.3 Å². The average molecular weight is 352 g/mol. The van der Waals surface area contributed by atoms with Gasteiger partial charge in [0, 0.05) is 56.4 Å². The van der Waals surface area contributed by atoms with Gasteiger partial charge in [-0.05, 0) is 19.4 Å². The molecule has 26 heavy (non-hydrogen) atoms. The summed E-state index contributed by atoms with van der Waals surface area (Å²) in [6.45, 7) is 4.67. The van der Waals surface area contributed by atoms with Gasteiger partial charge in [-0.25, -0.2) is 14.5 Å². The molecule has 0 aliphatic carbocycles. The highest BCUT2D eigenvalue weighted by Gasteiger charge is 2.23. The van der Waals surface area contributed by atoms with E-state index in [1.54, 1.807) is 29.0 Å². The molecule has 4 heterocycles. The van der Waals surface area contributed by atoms with E-state index in [-0.39, 0.29) is 11.9 Å². The second kappa shape index (κ2) is 6.58. The zero-order chi connectivity index (χ0) is 18.1. The molecule has 0 atom stereocenters. The third-order valence-corrected chi connectivity index (χ3v) is 4.42. The number of nitrogens with zero attached hydrogens (tertiary/aromatic N) is 7. The number of hydrogen-bond acceptors (Lipinski definition) is 7. The lowest BCUT2D eigenvalue weighted by Crippen LogP contribution is -2.35. The maximum atomic E-state index is 12.8. The van der Waals surface area contributed by atoms with Crippen LogP contribution >= 0.6 is 0 Å². The van der Waals surface area contributed by atoms with Crippen LogP contribution in [0.15, 0.2) is 30.6 Å². The van der Waals surface area contributed by atoms with Gasteiger partial charge >= 0.3 is 0 Å². The SMILES string of the molecule is Cc1cc(N2CCCN(C(=O)c3cc4ncccn4n3)CC2)nc(N)n1. The number of fused-ring (bicyclic) bond motifs is 1. The Hall–Kier alpha value is -3.23. The predicted molar refractivity (Wildman–Crippen MR) is 96.9 cm³/mol. The minimum Gasteiger partial charge on any atom is -0.368 e. The summed E-state index contributed by atoms with van der Waals surface area (Å²) in [5.74, 6) is 1.01. The highest BCUT2D eigenvalue weighted by atomic mass is 16.2. The van der Waals surface area contributed by atoms with Crippen LogP contribution in [0.1, 0.15) is 22.6 Å². The topological polar surface area (TPSA) is 106 Å². The molecule has 0 unspecified atom stereocenters. The van der Waals surface area contributed by atoms with Crippen molar-refractivity contribution >= 4 is 23.3 Å². The first-order chi connectivity index (χ1) is 12.6. The molecule has 1 aliphatic heterocycles. The van der Waals surface area contributed by atoms with Crippen molar-refractivity contribution in [3.05, 3.63) is 42.0 Å². The lowest BCUT2D eigenvalue weighted by atomic mass is 10.3. The fourth-order valence-electron chi connectivity index (χ4n) is 3.18. The van der Waals surface area contributed by atoms with E-state index >= 15 is 0 Å².